The predicted octanol–water partition coefficient (Wildman–Crippen LogP) is 8.54. The van der Waals surface area contributed by atoms with Crippen LogP contribution in [0.4, 0.5) is 11.5 Å². The third-order valence-corrected chi connectivity index (χ3v) is 13.3. The standard InChI is InChI=1S/C48H45ClN8O2/c49-41-30-51-46-45(53-41)39(31-56(46)48(34-13-5-1-6-14-34,35-15-7-2-8-16-35)36-17-9-3-10-18-36)43-33-21-22-38(44(43)47(58)59)40(29-33)57(42-23-24-50-32-52-42)55-27-25-54(26-28-55)37-19-11-4-12-20-37/h1-20,23-24,30-33,38,40,43-44H,21-22,25-29H2,(H,58,59)/t33?,38?,40?,43-,44-/m1/s1. The van der Waals surface area contributed by atoms with Crippen molar-refractivity contribution in [2.24, 2.45) is 17.8 Å². The molecule has 0 radical (unpaired) electrons. The number of hydrogen-bond acceptors (Lipinski definition) is 8. The van der Waals surface area contributed by atoms with Gasteiger partial charge in [0.05, 0.1) is 18.2 Å². The number of halogens is 1. The van der Waals surface area contributed by atoms with Crippen LogP contribution in [0.3, 0.4) is 0 Å². The largest absolute Gasteiger partial charge is 0.481 e. The average molecular weight is 801 g/mol. The highest BCUT2D eigenvalue weighted by atomic mass is 35.5. The first-order valence-electron chi connectivity index (χ1n) is 20.6. The zero-order valence-corrected chi connectivity index (χ0v) is 33.3. The van der Waals surface area contributed by atoms with Gasteiger partial charge in [0.1, 0.15) is 28.4 Å². The van der Waals surface area contributed by atoms with Crippen LogP contribution in [0.2, 0.25) is 5.15 Å². The van der Waals surface area contributed by atoms with Gasteiger partial charge in [-0.15, -0.1) is 0 Å². The predicted molar refractivity (Wildman–Crippen MR) is 230 cm³/mol. The van der Waals surface area contributed by atoms with Gasteiger partial charge in [0.25, 0.3) is 0 Å². The number of piperazine rings is 1. The number of anilines is 2. The molecule has 11 heteroatoms. The molecule has 2 bridgehead atoms. The van der Waals surface area contributed by atoms with Gasteiger partial charge in [0.2, 0.25) is 0 Å². The summed E-state index contributed by atoms with van der Waals surface area (Å²) in [7, 11) is 0. The average Bonchev–Trinajstić information content (AvgIpc) is 3.67. The molecule has 5 atom stereocenters. The molecule has 4 aliphatic rings. The van der Waals surface area contributed by atoms with E-state index < -0.39 is 17.4 Å². The van der Waals surface area contributed by atoms with Gasteiger partial charge in [-0.1, -0.05) is 121 Å². The Kier molecular flexibility index (Phi) is 9.82. The number of hydrazine groups is 1. The molecule has 1 saturated heterocycles. The lowest BCUT2D eigenvalue weighted by molar-refractivity contribution is -0.150. The number of fused-ring (bicyclic) bond motifs is 4. The van der Waals surface area contributed by atoms with Gasteiger partial charge in [0, 0.05) is 61.8 Å². The molecule has 11 rings (SSSR count). The number of benzene rings is 4. The molecule has 3 saturated carbocycles. The molecule has 10 nitrogen and oxygen atoms in total. The van der Waals surface area contributed by atoms with Gasteiger partial charge in [-0.25, -0.2) is 24.9 Å². The summed E-state index contributed by atoms with van der Waals surface area (Å²) in [6, 6.07) is 43.9. The van der Waals surface area contributed by atoms with Crippen molar-refractivity contribution in [3.05, 3.63) is 180 Å². The molecule has 59 heavy (non-hydrogen) atoms. The lowest BCUT2D eigenvalue weighted by Crippen LogP contribution is -2.63. The number of carbonyl (C=O) groups is 1. The Morgan fingerprint density at radius 3 is 1.95 bits per heavy atom. The zero-order chi connectivity index (χ0) is 39.9. The fraction of sp³-hybridized carbons (Fsp3) is 0.271. The maximum atomic E-state index is 13.9. The third kappa shape index (κ3) is 6.42. The normalized spacial score (nSPS) is 22.1. The Morgan fingerprint density at radius 1 is 0.763 bits per heavy atom. The Balaban J connectivity index is 1.10. The molecule has 7 aromatic rings. The second-order valence-electron chi connectivity index (χ2n) is 16.0. The van der Waals surface area contributed by atoms with Crippen LogP contribution in [-0.4, -0.2) is 72.8 Å². The summed E-state index contributed by atoms with van der Waals surface area (Å²) in [5, 5.41) is 16.4. The minimum Gasteiger partial charge on any atom is -0.481 e. The van der Waals surface area contributed by atoms with Gasteiger partial charge in [-0.3, -0.25) is 9.80 Å². The molecule has 4 aromatic carbocycles. The molecule has 1 N–H and O–H groups in total. The molecule has 4 heterocycles. The van der Waals surface area contributed by atoms with Gasteiger partial charge < -0.3 is 14.6 Å². The number of aliphatic carboxylic acids is 1. The molecule has 0 amide bonds. The van der Waals surface area contributed by atoms with Crippen LogP contribution in [0.5, 0.6) is 0 Å². The van der Waals surface area contributed by atoms with Gasteiger partial charge in [-0.05, 0) is 59.9 Å². The van der Waals surface area contributed by atoms with E-state index in [1.165, 1.54) is 5.69 Å². The number of para-hydroxylation sites is 1. The van der Waals surface area contributed by atoms with E-state index in [0.29, 0.717) is 11.2 Å². The summed E-state index contributed by atoms with van der Waals surface area (Å²) in [5.74, 6) is -1.08. The van der Waals surface area contributed by atoms with E-state index in [2.05, 4.69) is 128 Å². The van der Waals surface area contributed by atoms with Gasteiger partial charge >= 0.3 is 5.97 Å². The lowest BCUT2D eigenvalue weighted by atomic mass is 9.55. The monoisotopic (exact) mass is 800 g/mol. The van der Waals surface area contributed by atoms with Crippen molar-refractivity contribution < 1.29 is 9.90 Å². The van der Waals surface area contributed by atoms with Crippen LogP contribution in [0.15, 0.2) is 152 Å². The molecule has 296 valence electrons. The van der Waals surface area contributed by atoms with E-state index in [-0.39, 0.29) is 28.9 Å². The first-order valence-corrected chi connectivity index (χ1v) is 20.9. The minimum atomic E-state index is -0.872. The summed E-state index contributed by atoms with van der Waals surface area (Å²) in [6.07, 6.45) is 9.67. The minimum absolute atomic E-state index is 0.0560. The summed E-state index contributed by atoms with van der Waals surface area (Å²) >= 11 is 6.72. The molecule has 3 aromatic heterocycles. The van der Waals surface area contributed by atoms with Crippen molar-refractivity contribution in [2.45, 2.75) is 36.8 Å². The summed E-state index contributed by atoms with van der Waals surface area (Å²) in [4.78, 5) is 35.4. The van der Waals surface area contributed by atoms with Crippen molar-refractivity contribution >= 4 is 40.2 Å². The second kappa shape index (κ2) is 15.6. The van der Waals surface area contributed by atoms with Crippen molar-refractivity contribution in [2.75, 3.05) is 36.1 Å². The summed E-state index contributed by atoms with van der Waals surface area (Å²) < 4.78 is 2.24. The third-order valence-electron chi connectivity index (χ3n) is 13.1. The van der Waals surface area contributed by atoms with Crippen molar-refractivity contribution in [3.8, 4) is 0 Å². The van der Waals surface area contributed by atoms with Crippen molar-refractivity contribution in [1.29, 1.82) is 0 Å². The second-order valence-corrected chi connectivity index (χ2v) is 16.4. The maximum Gasteiger partial charge on any atom is 0.307 e. The van der Waals surface area contributed by atoms with E-state index in [0.717, 1.165) is 73.5 Å². The Bertz CT molecular complexity index is 2440. The van der Waals surface area contributed by atoms with E-state index in [1.54, 1.807) is 18.7 Å². The van der Waals surface area contributed by atoms with Crippen molar-refractivity contribution in [1.82, 2.24) is 29.5 Å². The Hall–Kier alpha value is -6.10. The SMILES string of the molecule is O=C(O)[C@@H]1C2CCC(CC2N(c2ccncn2)N2CCN(c3ccccc3)CC2)[C@@H]1c1cn(C(c2ccccc2)(c2ccccc2)c2ccccc2)c2ncc(Cl)nc12. The molecule has 0 spiro atoms. The number of rotatable bonds is 10. The van der Waals surface area contributed by atoms with Gasteiger partial charge in [-0.2, -0.15) is 0 Å². The number of nitrogens with zero attached hydrogens (tertiary/aromatic N) is 8. The number of carboxylic acid groups (broad SMARTS) is 1. The number of aromatic nitrogens is 5. The Labute approximate surface area is 348 Å². The molecular formula is C48H45ClN8O2. The van der Waals surface area contributed by atoms with Crippen LogP contribution < -0.4 is 9.91 Å². The summed E-state index contributed by atoms with van der Waals surface area (Å²) in [5.41, 5.74) is 5.67. The van der Waals surface area contributed by atoms with E-state index in [1.807, 2.05) is 30.3 Å². The van der Waals surface area contributed by atoms with Crippen LogP contribution in [0.25, 0.3) is 11.2 Å². The highest BCUT2D eigenvalue weighted by molar-refractivity contribution is 6.29. The first kappa shape index (κ1) is 37.2. The first-order chi connectivity index (χ1) is 29.0. The zero-order valence-electron chi connectivity index (χ0n) is 32.6. The van der Waals surface area contributed by atoms with Crippen molar-refractivity contribution in [3.63, 3.8) is 0 Å². The molecule has 1 aliphatic heterocycles. The van der Waals surface area contributed by atoms with E-state index in [4.69, 9.17) is 26.6 Å². The Morgan fingerprint density at radius 2 is 1.37 bits per heavy atom. The van der Waals surface area contributed by atoms with Crippen LogP contribution in [0, 0.1) is 17.8 Å². The lowest BCUT2D eigenvalue weighted by Gasteiger charge is -2.56. The topological polar surface area (TPSA) is 104 Å². The van der Waals surface area contributed by atoms with Gasteiger partial charge in [0.15, 0.2) is 5.65 Å². The molecule has 4 fully saturated rings. The highest BCUT2D eigenvalue weighted by Gasteiger charge is 2.56. The fourth-order valence-electron chi connectivity index (χ4n) is 10.8. The molecule has 3 unspecified atom stereocenters. The van der Waals surface area contributed by atoms with Crippen LogP contribution in [-0.2, 0) is 10.3 Å². The smallest absolute Gasteiger partial charge is 0.307 e. The van der Waals surface area contributed by atoms with Crippen LogP contribution in [0.1, 0.15) is 47.4 Å². The maximum absolute atomic E-state index is 13.9. The summed E-state index contributed by atoms with van der Waals surface area (Å²) in [6.45, 7) is 3.27. The molecular weight excluding hydrogens is 756 g/mol. The highest BCUT2D eigenvalue weighted by Crippen LogP contribution is 2.57. The number of hydrogen-bond donors (Lipinski definition) is 1. The molecule has 3 aliphatic carbocycles. The van der Waals surface area contributed by atoms with E-state index >= 15 is 0 Å². The quantitative estimate of drug-likeness (QED) is 0.136. The fourth-order valence-corrected chi connectivity index (χ4v) is 10.9. The van der Waals surface area contributed by atoms with E-state index in [9.17, 15) is 9.90 Å². The van der Waals surface area contributed by atoms with Crippen LogP contribution >= 0.6 is 11.6 Å². The number of carboxylic acids is 1.